The maximum atomic E-state index is 13.3. The Morgan fingerprint density at radius 2 is 1.76 bits per heavy atom. The molecule has 1 aliphatic rings. The Bertz CT molecular complexity index is 1180. The van der Waals surface area contributed by atoms with Gasteiger partial charge in [-0.25, -0.2) is 4.79 Å². The van der Waals surface area contributed by atoms with E-state index >= 15 is 0 Å². The Labute approximate surface area is 170 Å². The molecular formula is C22H29N5O2. The van der Waals surface area contributed by atoms with Crippen LogP contribution in [0.3, 0.4) is 0 Å². The quantitative estimate of drug-likeness (QED) is 0.681. The first-order chi connectivity index (χ1) is 13.8. The van der Waals surface area contributed by atoms with Gasteiger partial charge in [-0.05, 0) is 55.9 Å². The van der Waals surface area contributed by atoms with Crippen molar-refractivity contribution in [3.8, 4) is 0 Å². The molecule has 0 atom stereocenters. The summed E-state index contributed by atoms with van der Waals surface area (Å²) in [7, 11) is 1.70. The van der Waals surface area contributed by atoms with Crippen molar-refractivity contribution in [1.82, 2.24) is 18.7 Å². The number of rotatable bonds is 4. The number of imidazole rings is 1. The zero-order valence-corrected chi connectivity index (χ0v) is 17.9. The highest BCUT2D eigenvalue weighted by atomic mass is 16.2. The predicted octanol–water partition coefficient (Wildman–Crippen LogP) is 3.10. The molecule has 0 saturated carbocycles. The standard InChI is InChI=1S/C22H29N5O2/c1-14(2)7-10-27-20(28)18-19(24(5)22(27)29)23-21-25(8-6-9-26(18)21)17-12-15(3)11-16(4)13-17/h11-14H,6-10H2,1-5H3. The molecule has 0 bridgehead atoms. The summed E-state index contributed by atoms with van der Waals surface area (Å²) in [6.07, 6.45) is 1.70. The maximum Gasteiger partial charge on any atom is 0.332 e. The van der Waals surface area contributed by atoms with Crippen LogP contribution in [0.1, 0.15) is 37.8 Å². The van der Waals surface area contributed by atoms with Gasteiger partial charge in [-0.2, -0.15) is 4.98 Å². The van der Waals surface area contributed by atoms with Gasteiger partial charge in [0.1, 0.15) is 0 Å². The number of hydrogen-bond acceptors (Lipinski definition) is 4. The fraction of sp³-hybridized carbons (Fsp3) is 0.500. The highest BCUT2D eigenvalue weighted by molar-refractivity contribution is 5.77. The van der Waals surface area contributed by atoms with Crippen molar-refractivity contribution in [2.24, 2.45) is 13.0 Å². The number of aryl methyl sites for hydroxylation is 4. The largest absolute Gasteiger partial charge is 0.332 e. The highest BCUT2D eigenvalue weighted by Gasteiger charge is 2.27. The van der Waals surface area contributed by atoms with E-state index in [0.29, 0.717) is 23.6 Å². The van der Waals surface area contributed by atoms with Crippen molar-refractivity contribution in [2.75, 3.05) is 11.4 Å². The smallest absolute Gasteiger partial charge is 0.312 e. The predicted molar refractivity (Wildman–Crippen MR) is 116 cm³/mol. The molecule has 1 aliphatic heterocycles. The highest BCUT2D eigenvalue weighted by Crippen LogP contribution is 2.32. The van der Waals surface area contributed by atoms with E-state index < -0.39 is 0 Å². The van der Waals surface area contributed by atoms with Gasteiger partial charge in [-0.15, -0.1) is 0 Å². The number of benzene rings is 1. The van der Waals surface area contributed by atoms with Crippen LogP contribution in [0.2, 0.25) is 0 Å². The summed E-state index contributed by atoms with van der Waals surface area (Å²) in [6, 6.07) is 6.43. The van der Waals surface area contributed by atoms with Gasteiger partial charge in [0, 0.05) is 32.4 Å². The fourth-order valence-corrected chi connectivity index (χ4v) is 4.20. The van der Waals surface area contributed by atoms with Crippen molar-refractivity contribution >= 4 is 22.8 Å². The average molecular weight is 396 g/mol. The first-order valence-electron chi connectivity index (χ1n) is 10.3. The molecular weight excluding hydrogens is 366 g/mol. The molecule has 0 N–H and O–H groups in total. The molecule has 2 aromatic heterocycles. The van der Waals surface area contributed by atoms with E-state index in [1.54, 1.807) is 7.05 Å². The van der Waals surface area contributed by atoms with Gasteiger partial charge in [0.15, 0.2) is 11.2 Å². The van der Waals surface area contributed by atoms with Crippen LogP contribution >= 0.6 is 0 Å². The van der Waals surface area contributed by atoms with Gasteiger partial charge in [0.25, 0.3) is 5.56 Å². The summed E-state index contributed by atoms with van der Waals surface area (Å²) in [4.78, 5) is 33.0. The molecule has 29 heavy (non-hydrogen) atoms. The van der Waals surface area contributed by atoms with Gasteiger partial charge in [-0.1, -0.05) is 19.9 Å². The lowest BCUT2D eigenvalue weighted by Crippen LogP contribution is -2.40. The number of fused-ring (bicyclic) bond motifs is 3. The first kappa shape index (κ1) is 19.5. The van der Waals surface area contributed by atoms with Crippen LogP contribution in [0, 0.1) is 19.8 Å². The van der Waals surface area contributed by atoms with Crippen molar-refractivity contribution in [2.45, 2.75) is 53.6 Å². The molecule has 0 aliphatic carbocycles. The molecule has 154 valence electrons. The lowest BCUT2D eigenvalue weighted by atomic mass is 10.1. The average Bonchev–Trinajstić information content (AvgIpc) is 3.05. The molecule has 0 radical (unpaired) electrons. The van der Waals surface area contributed by atoms with Crippen molar-refractivity contribution in [1.29, 1.82) is 0 Å². The van der Waals surface area contributed by atoms with Gasteiger partial charge < -0.3 is 9.47 Å². The van der Waals surface area contributed by atoms with E-state index in [2.05, 4.69) is 50.8 Å². The lowest BCUT2D eigenvalue weighted by molar-refractivity contribution is 0.487. The van der Waals surface area contributed by atoms with Gasteiger partial charge in [-0.3, -0.25) is 13.9 Å². The van der Waals surface area contributed by atoms with E-state index in [9.17, 15) is 9.59 Å². The number of aromatic nitrogens is 4. The minimum absolute atomic E-state index is 0.232. The fourth-order valence-electron chi connectivity index (χ4n) is 4.20. The van der Waals surface area contributed by atoms with Crippen LogP contribution < -0.4 is 16.1 Å². The Morgan fingerprint density at radius 1 is 1.07 bits per heavy atom. The zero-order valence-electron chi connectivity index (χ0n) is 17.9. The summed E-state index contributed by atoms with van der Waals surface area (Å²) < 4.78 is 4.87. The molecule has 0 unspecified atom stereocenters. The molecule has 7 heteroatoms. The monoisotopic (exact) mass is 395 g/mol. The molecule has 0 saturated heterocycles. The van der Waals surface area contributed by atoms with Crippen molar-refractivity contribution in [3.63, 3.8) is 0 Å². The summed E-state index contributed by atoms with van der Waals surface area (Å²) >= 11 is 0. The third kappa shape index (κ3) is 3.28. The Hall–Kier alpha value is -2.83. The third-order valence-electron chi connectivity index (χ3n) is 5.67. The zero-order chi connectivity index (χ0) is 20.9. The SMILES string of the molecule is Cc1cc(C)cc(N2CCCn3c2nc2c3c(=O)n(CCC(C)C)c(=O)n2C)c1. The second kappa shape index (κ2) is 7.21. The van der Waals surface area contributed by atoms with Crippen LogP contribution in [0.5, 0.6) is 0 Å². The van der Waals surface area contributed by atoms with Gasteiger partial charge in [0.05, 0.1) is 0 Å². The molecule has 0 amide bonds. The first-order valence-corrected chi connectivity index (χ1v) is 10.3. The molecule has 1 aromatic carbocycles. The number of hydrogen-bond donors (Lipinski definition) is 0. The van der Waals surface area contributed by atoms with E-state index in [0.717, 1.165) is 37.6 Å². The minimum Gasteiger partial charge on any atom is -0.312 e. The van der Waals surface area contributed by atoms with Crippen LogP contribution in [-0.4, -0.2) is 25.2 Å². The topological polar surface area (TPSA) is 65.1 Å². The lowest BCUT2D eigenvalue weighted by Gasteiger charge is -2.29. The Kier molecular flexibility index (Phi) is 4.84. The molecule has 3 heterocycles. The summed E-state index contributed by atoms with van der Waals surface area (Å²) in [5.74, 6) is 1.16. The van der Waals surface area contributed by atoms with E-state index in [4.69, 9.17) is 4.98 Å². The molecule has 0 spiro atoms. The molecule has 7 nitrogen and oxygen atoms in total. The number of anilines is 2. The maximum absolute atomic E-state index is 13.3. The van der Waals surface area contributed by atoms with E-state index in [1.165, 1.54) is 20.3 Å². The van der Waals surface area contributed by atoms with Gasteiger partial charge >= 0.3 is 5.69 Å². The summed E-state index contributed by atoms with van der Waals surface area (Å²) in [5, 5.41) is 0. The van der Waals surface area contributed by atoms with Gasteiger partial charge in [0.2, 0.25) is 5.95 Å². The Morgan fingerprint density at radius 3 is 2.41 bits per heavy atom. The van der Waals surface area contributed by atoms with Crippen molar-refractivity contribution < 1.29 is 0 Å². The van der Waals surface area contributed by atoms with Crippen LogP contribution in [-0.2, 0) is 20.1 Å². The molecule has 3 aromatic rings. The normalized spacial score (nSPS) is 14.1. The van der Waals surface area contributed by atoms with Crippen molar-refractivity contribution in [3.05, 3.63) is 50.2 Å². The van der Waals surface area contributed by atoms with E-state index in [-0.39, 0.29) is 11.2 Å². The van der Waals surface area contributed by atoms with E-state index in [1.807, 2.05) is 4.57 Å². The second-order valence-corrected chi connectivity index (χ2v) is 8.57. The Balaban J connectivity index is 1.93. The van der Waals surface area contributed by atoms with Crippen LogP contribution in [0.4, 0.5) is 11.6 Å². The number of nitrogens with zero attached hydrogens (tertiary/aromatic N) is 5. The van der Waals surface area contributed by atoms with Crippen LogP contribution in [0.15, 0.2) is 27.8 Å². The summed E-state index contributed by atoms with van der Waals surface area (Å²) in [5.41, 5.74) is 3.92. The summed E-state index contributed by atoms with van der Waals surface area (Å²) in [6.45, 7) is 10.3. The third-order valence-corrected chi connectivity index (χ3v) is 5.67. The van der Waals surface area contributed by atoms with Crippen LogP contribution in [0.25, 0.3) is 11.2 Å². The second-order valence-electron chi connectivity index (χ2n) is 8.57. The molecule has 4 rings (SSSR count). The molecule has 0 fully saturated rings. The minimum atomic E-state index is -0.295.